The quantitative estimate of drug-likeness (QED) is 0.502. The summed E-state index contributed by atoms with van der Waals surface area (Å²) in [5, 5.41) is 0. The molecule has 0 saturated carbocycles. The van der Waals surface area contributed by atoms with E-state index >= 15 is 0 Å². The molecule has 1 heteroatoms. The van der Waals surface area contributed by atoms with Gasteiger partial charge in [-0.15, -0.1) is 0 Å². The molecule has 13 heavy (non-hydrogen) atoms. The second kappa shape index (κ2) is 6.80. The Kier molecular flexibility index (Phi) is 6.44. The first kappa shape index (κ1) is 12.3. The third kappa shape index (κ3) is 5.54. The van der Waals surface area contributed by atoms with E-state index in [1.165, 1.54) is 11.1 Å². The maximum Gasteiger partial charge on any atom is 0 e. The van der Waals surface area contributed by atoms with Crippen LogP contribution in [0.4, 0.5) is 0 Å². The van der Waals surface area contributed by atoms with Crippen molar-refractivity contribution in [2.24, 2.45) is 0 Å². The summed E-state index contributed by atoms with van der Waals surface area (Å²) in [7, 11) is 0. The minimum atomic E-state index is 0. The average molecular weight is 259 g/mol. The van der Waals surface area contributed by atoms with E-state index in [9.17, 15) is 0 Å². The van der Waals surface area contributed by atoms with E-state index < -0.39 is 0 Å². The molecule has 0 spiro atoms. The fourth-order valence-electron chi connectivity index (χ4n) is 0.940. The Hall–Kier alpha value is -0.677. The van der Waals surface area contributed by atoms with E-state index in [0.29, 0.717) is 0 Å². The van der Waals surface area contributed by atoms with Gasteiger partial charge in [-0.1, -0.05) is 13.8 Å². The molecule has 0 saturated heterocycles. The summed E-state index contributed by atoms with van der Waals surface area (Å²) in [6.45, 7) is 4.17. The number of rotatable bonds is 0. The van der Waals surface area contributed by atoms with Crippen LogP contribution in [0.1, 0.15) is 11.1 Å². The Bertz CT molecular complexity index is 245. The van der Waals surface area contributed by atoms with Crippen molar-refractivity contribution in [3.8, 4) is 0 Å². The Balaban J connectivity index is 0.000000206. The van der Waals surface area contributed by atoms with Gasteiger partial charge in [-0.2, -0.15) is 35.4 Å². The molecule has 0 aromatic heterocycles. The van der Waals surface area contributed by atoms with Crippen LogP contribution in [0.15, 0.2) is 48.5 Å². The van der Waals surface area contributed by atoms with Gasteiger partial charge in [0.15, 0.2) is 0 Å². The van der Waals surface area contributed by atoms with Crippen LogP contribution in [0.2, 0.25) is 0 Å². The van der Waals surface area contributed by atoms with E-state index in [4.69, 9.17) is 0 Å². The summed E-state index contributed by atoms with van der Waals surface area (Å²) in [4.78, 5) is 0. The van der Waals surface area contributed by atoms with Crippen LogP contribution in [0.3, 0.4) is 0 Å². The van der Waals surface area contributed by atoms with Crippen molar-refractivity contribution in [2.45, 2.75) is 13.8 Å². The molecule has 0 atom stereocenters. The van der Waals surface area contributed by atoms with Gasteiger partial charge in [0.25, 0.3) is 0 Å². The first-order chi connectivity index (χ1) is 5.79. The molecule has 72 valence electrons. The Labute approximate surface area is 93.1 Å². The third-order valence-corrected chi connectivity index (χ3v) is 1.66. The maximum atomic E-state index is 2.08. The van der Waals surface area contributed by atoms with Gasteiger partial charge >= 0.3 is 0 Å². The van der Waals surface area contributed by atoms with Gasteiger partial charge in [-0.25, -0.2) is 24.3 Å². The van der Waals surface area contributed by atoms with E-state index in [1.54, 1.807) is 0 Å². The molecule has 2 rings (SSSR count). The van der Waals surface area contributed by atoms with Gasteiger partial charge in [0, 0.05) is 19.5 Å². The van der Waals surface area contributed by atoms with Crippen LogP contribution < -0.4 is 0 Å². The molecule has 0 aliphatic heterocycles. The summed E-state index contributed by atoms with van der Waals surface area (Å²) in [6, 6.07) is 16.5. The molecular weight excluding hydrogens is 245 g/mol. The minimum absolute atomic E-state index is 0. The molecule has 0 bridgehead atoms. The van der Waals surface area contributed by atoms with Crippen LogP contribution >= 0.6 is 0 Å². The predicted octanol–water partition coefficient (Wildman–Crippen LogP) is 3.43. The van der Waals surface area contributed by atoms with Gasteiger partial charge in [-0.3, -0.25) is 0 Å². The van der Waals surface area contributed by atoms with Crippen molar-refractivity contribution in [3.63, 3.8) is 0 Å². The fraction of sp³-hybridized carbons (Fsp3) is 0.167. The third-order valence-electron chi connectivity index (χ3n) is 1.66. The van der Waals surface area contributed by atoms with Crippen molar-refractivity contribution in [1.29, 1.82) is 0 Å². The van der Waals surface area contributed by atoms with Gasteiger partial charge in [0.1, 0.15) is 0 Å². The van der Waals surface area contributed by atoms with Gasteiger partial charge in [-0.05, 0) is 0 Å². The van der Waals surface area contributed by atoms with Crippen molar-refractivity contribution in [1.82, 2.24) is 0 Å². The molecule has 0 heterocycles. The van der Waals surface area contributed by atoms with Crippen LogP contribution in [0.5, 0.6) is 0 Å². The standard InChI is InChI=1S/2C6H7.Ru/c2*1-6-4-2-3-5-6;/h2*2-5H,1H3;/q2*-1;. The van der Waals surface area contributed by atoms with Crippen LogP contribution in [0.25, 0.3) is 0 Å². The van der Waals surface area contributed by atoms with Crippen molar-refractivity contribution in [2.75, 3.05) is 0 Å². The largest absolute Gasteiger partial charge is 0.213 e. The monoisotopic (exact) mass is 260 g/mol. The zero-order chi connectivity index (χ0) is 8.81. The van der Waals surface area contributed by atoms with Crippen molar-refractivity contribution >= 4 is 0 Å². The zero-order valence-electron chi connectivity index (χ0n) is 7.97. The molecule has 0 amide bonds. The molecule has 2 aromatic rings. The molecule has 0 N–H and O–H groups in total. The smallest absolute Gasteiger partial charge is 0 e. The Morgan fingerprint density at radius 3 is 0.923 bits per heavy atom. The van der Waals surface area contributed by atoms with Gasteiger partial charge in [0.2, 0.25) is 0 Å². The van der Waals surface area contributed by atoms with E-state index in [1.807, 2.05) is 24.3 Å². The first-order valence-electron chi connectivity index (χ1n) is 4.15. The fourth-order valence-corrected chi connectivity index (χ4v) is 0.940. The summed E-state index contributed by atoms with van der Waals surface area (Å²) in [6.07, 6.45) is 0. The summed E-state index contributed by atoms with van der Waals surface area (Å²) in [5.41, 5.74) is 2.69. The van der Waals surface area contributed by atoms with Gasteiger partial charge in [0.05, 0.1) is 0 Å². The molecule has 0 aliphatic rings. The number of aryl methyl sites for hydroxylation is 2. The molecule has 0 aliphatic carbocycles. The molecule has 0 fully saturated rings. The minimum Gasteiger partial charge on any atom is -0.213 e. The topological polar surface area (TPSA) is 0 Å². The van der Waals surface area contributed by atoms with Crippen LogP contribution in [-0.4, -0.2) is 0 Å². The normalized spacial score (nSPS) is 8.15. The number of hydrogen-bond acceptors (Lipinski definition) is 0. The van der Waals surface area contributed by atoms with Crippen molar-refractivity contribution in [3.05, 3.63) is 59.7 Å². The van der Waals surface area contributed by atoms with Gasteiger partial charge < -0.3 is 0 Å². The Morgan fingerprint density at radius 1 is 0.615 bits per heavy atom. The molecule has 0 nitrogen and oxygen atoms in total. The second-order valence-electron chi connectivity index (χ2n) is 2.92. The number of hydrogen-bond donors (Lipinski definition) is 0. The van der Waals surface area contributed by atoms with E-state index in [2.05, 4.69) is 38.1 Å². The van der Waals surface area contributed by atoms with Crippen LogP contribution in [0, 0.1) is 13.8 Å². The van der Waals surface area contributed by atoms with E-state index in [-0.39, 0.29) is 19.5 Å². The maximum absolute atomic E-state index is 2.08. The summed E-state index contributed by atoms with van der Waals surface area (Å²) < 4.78 is 0. The second-order valence-corrected chi connectivity index (χ2v) is 2.92. The van der Waals surface area contributed by atoms with Crippen LogP contribution in [-0.2, 0) is 19.5 Å². The first-order valence-corrected chi connectivity index (χ1v) is 4.15. The van der Waals surface area contributed by atoms with E-state index in [0.717, 1.165) is 0 Å². The predicted molar refractivity (Wildman–Crippen MR) is 53.5 cm³/mol. The average Bonchev–Trinajstić information content (AvgIpc) is 2.63. The molecule has 2 aromatic carbocycles. The molecule has 0 unspecified atom stereocenters. The summed E-state index contributed by atoms with van der Waals surface area (Å²) in [5.74, 6) is 0. The Morgan fingerprint density at radius 2 is 0.846 bits per heavy atom. The SMILES string of the molecule is C[c-]1cccc1.C[c-]1cccc1.[Ru]. The van der Waals surface area contributed by atoms with Crippen molar-refractivity contribution < 1.29 is 19.5 Å². The zero-order valence-corrected chi connectivity index (χ0v) is 9.71. The summed E-state index contributed by atoms with van der Waals surface area (Å²) >= 11 is 0. The molecule has 0 radical (unpaired) electrons. The molecular formula is C12H14Ru-2.